The van der Waals surface area contributed by atoms with Crippen LogP contribution in [0.1, 0.15) is 18.4 Å². The molecule has 0 aliphatic carbocycles. The molecule has 1 atom stereocenters. The molecule has 1 fully saturated rings. The number of nitrogens with zero attached hydrogens (tertiary/aromatic N) is 1. The first kappa shape index (κ1) is 15.2. The summed E-state index contributed by atoms with van der Waals surface area (Å²) in [4.78, 5) is 36.9. The third-order valence-corrected chi connectivity index (χ3v) is 3.46. The Bertz CT molecular complexity index is 530. The van der Waals surface area contributed by atoms with E-state index >= 15 is 0 Å². The maximum Gasteiger partial charge on any atom is 0.377 e. The van der Waals surface area contributed by atoms with Crippen molar-refractivity contribution in [2.75, 3.05) is 13.1 Å². The van der Waals surface area contributed by atoms with Gasteiger partial charge in [0.1, 0.15) is 12.6 Å². The van der Waals surface area contributed by atoms with Crippen LogP contribution < -0.4 is 5.73 Å². The van der Waals surface area contributed by atoms with Gasteiger partial charge in [0, 0.05) is 6.54 Å². The summed E-state index contributed by atoms with van der Waals surface area (Å²) in [6.45, 7) is 0.338. The van der Waals surface area contributed by atoms with E-state index in [1.54, 1.807) is 12.1 Å². The van der Waals surface area contributed by atoms with Gasteiger partial charge in [-0.3, -0.25) is 9.59 Å². The van der Waals surface area contributed by atoms with Crippen LogP contribution >= 0.6 is 0 Å². The van der Waals surface area contributed by atoms with E-state index in [-0.39, 0.29) is 19.1 Å². The number of hydrogen-bond acceptors (Lipinski definition) is 5. The number of benzene rings is 1. The van der Waals surface area contributed by atoms with Crippen molar-refractivity contribution in [2.45, 2.75) is 25.5 Å². The van der Waals surface area contributed by atoms with E-state index < -0.39 is 17.8 Å². The van der Waals surface area contributed by atoms with Crippen molar-refractivity contribution in [3.8, 4) is 0 Å². The lowest BCUT2D eigenvalue weighted by molar-refractivity contribution is -0.157. The van der Waals surface area contributed by atoms with Gasteiger partial charge in [-0.2, -0.15) is 0 Å². The van der Waals surface area contributed by atoms with Crippen LogP contribution in [0.4, 0.5) is 0 Å². The number of ether oxygens (including phenoxy) is 1. The molecule has 1 aromatic carbocycles. The third kappa shape index (κ3) is 3.66. The van der Waals surface area contributed by atoms with Gasteiger partial charge in [-0.15, -0.1) is 0 Å². The number of rotatable bonds is 5. The van der Waals surface area contributed by atoms with E-state index in [1.165, 1.54) is 4.90 Å². The smallest absolute Gasteiger partial charge is 0.377 e. The topological polar surface area (TPSA) is 89.7 Å². The summed E-state index contributed by atoms with van der Waals surface area (Å²) >= 11 is 0. The molecule has 112 valence electrons. The van der Waals surface area contributed by atoms with Gasteiger partial charge in [0.15, 0.2) is 0 Å². The molecule has 0 saturated carbocycles. The second-order valence-electron chi connectivity index (χ2n) is 4.88. The number of amides is 1. The van der Waals surface area contributed by atoms with Crippen LogP contribution in [0.2, 0.25) is 0 Å². The fourth-order valence-electron chi connectivity index (χ4n) is 2.39. The number of nitrogens with two attached hydrogens (primary N) is 1. The minimum Gasteiger partial charge on any atom is -0.455 e. The molecule has 6 nitrogen and oxygen atoms in total. The summed E-state index contributed by atoms with van der Waals surface area (Å²) in [5, 5.41) is 0. The zero-order valence-corrected chi connectivity index (χ0v) is 11.7. The molecule has 0 bridgehead atoms. The van der Waals surface area contributed by atoms with Gasteiger partial charge < -0.3 is 15.4 Å². The number of Topliss-reactive ketones (excluding diaryl/α,β-unsaturated/α-hetero) is 1. The highest BCUT2D eigenvalue weighted by atomic mass is 16.5. The third-order valence-electron chi connectivity index (χ3n) is 3.46. The number of likely N-dealkylation sites (tertiary alicyclic amines) is 1. The molecule has 0 spiro atoms. The fraction of sp³-hybridized carbons (Fsp3) is 0.400. The molecular formula is C15H18N2O4. The van der Waals surface area contributed by atoms with Gasteiger partial charge in [-0.05, 0) is 18.4 Å². The van der Waals surface area contributed by atoms with Crippen molar-refractivity contribution in [1.29, 1.82) is 0 Å². The lowest BCUT2D eigenvalue weighted by atomic mass is 10.1. The monoisotopic (exact) mass is 290 g/mol. The molecular weight excluding hydrogens is 272 g/mol. The Morgan fingerprint density at radius 1 is 1.24 bits per heavy atom. The van der Waals surface area contributed by atoms with E-state index in [4.69, 9.17) is 10.5 Å². The number of ketones is 1. The van der Waals surface area contributed by atoms with Gasteiger partial charge in [0.25, 0.3) is 5.78 Å². The van der Waals surface area contributed by atoms with Crippen LogP contribution in [-0.4, -0.2) is 41.7 Å². The molecule has 6 heteroatoms. The lowest BCUT2D eigenvalue weighted by Gasteiger charge is -2.22. The Labute approximate surface area is 122 Å². The fourth-order valence-corrected chi connectivity index (χ4v) is 2.39. The van der Waals surface area contributed by atoms with E-state index in [2.05, 4.69) is 0 Å². The van der Waals surface area contributed by atoms with E-state index in [1.807, 2.05) is 18.2 Å². The molecule has 1 saturated heterocycles. The molecule has 0 aromatic heterocycles. The number of carbonyl (C=O) groups excluding carboxylic acids is 3. The standard InChI is InChI=1S/C15H18N2O4/c16-9-13(18)17-8-4-7-12(17)14(19)15(20)21-10-11-5-2-1-3-6-11/h1-3,5-6,12H,4,7-10,16H2/t12-/m0/s1. The predicted octanol–water partition coefficient (Wildman–Crippen LogP) is 0.249. The molecule has 1 amide bonds. The highest BCUT2D eigenvalue weighted by Crippen LogP contribution is 2.18. The maximum absolute atomic E-state index is 12.1. The summed E-state index contributed by atoms with van der Waals surface area (Å²) < 4.78 is 5.01. The second kappa shape index (κ2) is 6.99. The van der Waals surface area contributed by atoms with Crippen LogP contribution in [0, 0.1) is 0 Å². The minimum atomic E-state index is -0.902. The molecule has 21 heavy (non-hydrogen) atoms. The summed E-state index contributed by atoms with van der Waals surface area (Å²) in [7, 11) is 0. The Kier molecular flexibility index (Phi) is 5.05. The van der Waals surface area contributed by atoms with Crippen LogP contribution in [0.15, 0.2) is 30.3 Å². The summed E-state index contributed by atoms with van der Waals surface area (Å²) in [6.07, 6.45) is 1.17. The quantitative estimate of drug-likeness (QED) is 0.620. The molecule has 2 rings (SSSR count). The molecule has 2 N–H and O–H groups in total. The molecule has 0 radical (unpaired) electrons. The van der Waals surface area contributed by atoms with E-state index in [0.29, 0.717) is 19.4 Å². The highest BCUT2D eigenvalue weighted by Gasteiger charge is 2.37. The predicted molar refractivity (Wildman–Crippen MR) is 75.0 cm³/mol. The van der Waals surface area contributed by atoms with Crippen molar-refractivity contribution in [3.63, 3.8) is 0 Å². The van der Waals surface area contributed by atoms with Crippen molar-refractivity contribution in [1.82, 2.24) is 4.90 Å². The number of esters is 1. The van der Waals surface area contributed by atoms with Crippen LogP contribution in [0.5, 0.6) is 0 Å². The van der Waals surface area contributed by atoms with E-state index in [0.717, 1.165) is 5.56 Å². The van der Waals surface area contributed by atoms with Crippen molar-refractivity contribution < 1.29 is 19.1 Å². The number of carbonyl (C=O) groups is 3. The Balaban J connectivity index is 1.93. The first-order valence-corrected chi connectivity index (χ1v) is 6.88. The molecule has 1 heterocycles. The summed E-state index contributed by atoms with van der Waals surface area (Å²) in [6, 6.07) is 8.37. The maximum atomic E-state index is 12.1. The minimum absolute atomic E-state index is 0.0446. The molecule has 0 unspecified atom stereocenters. The summed E-state index contributed by atoms with van der Waals surface area (Å²) in [5.74, 6) is -1.90. The van der Waals surface area contributed by atoms with Gasteiger partial charge in [-0.25, -0.2) is 4.79 Å². The zero-order chi connectivity index (χ0) is 15.2. The van der Waals surface area contributed by atoms with Crippen molar-refractivity contribution >= 4 is 17.7 Å². The molecule has 1 aromatic rings. The zero-order valence-electron chi connectivity index (χ0n) is 11.7. The molecule has 1 aliphatic rings. The Hall–Kier alpha value is -2.21. The lowest BCUT2D eigenvalue weighted by Crippen LogP contribution is -2.46. The van der Waals surface area contributed by atoms with Crippen LogP contribution in [-0.2, 0) is 25.7 Å². The Morgan fingerprint density at radius 3 is 2.62 bits per heavy atom. The first-order chi connectivity index (χ1) is 10.1. The SMILES string of the molecule is NCC(=O)N1CCC[C@H]1C(=O)C(=O)OCc1ccccc1. The van der Waals surface area contributed by atoms with Crippen LogP contribution in [0.3, 0.4) is 0 Å². The van der Waals surface area contributed by atoms with Gasteiger partial charge in [-0.1, -0.05) is 30.3 Å². The van der Waals surface area contributed by atoms with Gasteiger partial charge >= 0.3 is 5.97 Å². The van der Waals surface area contributed by atoms with Crippen LogP contribution in [0.25, 0.3) is 0 Å². The average molecular weight is 290 g/mol. The molecule has 1 aliphatic heterocycles. The highest BCUT2D eigenvalue weighted by molar-refractivity contribution is 6.36. The summed E-state index contributed by atoms with van der Waals surface area (Å²) in [5.41, 5.74) is 6.11. The number of hydrogen-bond donors (Lipinski definition) is 1. The largest absolute Gasteiger partial charge is 0.455 e. The van der Waals surface area contributed by atoms with Gasteiger partial charge in [0.05, 0.1) is 6.54 Å². The first-order valence-electron chi connectivity index (χ1n) is 6.88. The van der Waals surface area contributed by atoms with Gasteiger partial charge in [0.2, 0.25) is 5.91 Å². The second-order valence-corrected chi connectivity index (χ2v) is 4.88. The normalized spacial score (nSPS) is 17.6. The van der Waals surface area contributed by atoms with E-state index in [9.17, 15) is 14.4 Å². The van der Waals surface area contributed by atoms with Crippen molar-refractivity contribution in [3.05, 3.63) is 35.9 Å². The van der Waals surface area contributed by atoms with Crippen molar-refractivity contribution in [2.24, 2.45) is 5.73 Å². The Morgan fingerprint density at radius 2 is 1.95 bits per heavy atom. The average Bonchev–Trinajstić information content (AvgIpc) is 3.01.